The molecule has 1 fully saturated rings. The van der Waals surface area contributed by atoms with Crippen LogP contribution in [-0.4, -0.2) is 27.9 Å². The number of nitrogens with zero attached hydrogens (tertiary/aromatic N) is 2. The minimum absolute atomic E-state index is 0.321. The molecular weight excluding hydrogens is 412 g/mol. The summed E-state index contributed by atoms with van der Waals surface area (Å²) in [6, 6.07) is 17.3. The molecule has 0 bridgehead atoms. The van der Waals surface area contributed by atoms with Gasteiger partial charge in [0, 0.05) is 23.0 Å². The molecule has 0 saturated carbocycles. The van der Waals surface area contributed by atoms with Crippen molar-refractivity contribution in [2.75, 3.05) is 4.90 Å². The van der Waals surface area contributed by atoms with E-state index in [1.54, 1.807) is 17.0 Å². The molecule has 158 valence electrons. The number of hydrogen-bond acceptors (Lipinski definition) is 2. The summed E-state index contributed by atoms with van der Waals surface area (Å²) in [6.45, 7) is 0. The zero-order chi connectivity index (χ0) is 22.0. The van der Waals surface area contributed by atoms with Gasteiger partial charge in [-0.2, -0.15) is 0 Å². The Morgan fingerprint density at radius 3 is 2.22 bits per heavy atom. The average molecular weight is 429 g/mol. The summed E-state index contributed by atoms with van der Waals surface area (Å²) < 4.78 is 27.1. The molecule has 0 unspecified atom stereocenters. The summed E-state index contributed by atoms with van der Waals surface area (Å²) in [5.74, 6) is -1.18. The number of nitrogens with one attached hydrogen (secondary N) is 1. The van der Waals surface area contributed by atoms with Crippen LogP contribution in [0, 0.1) is 11.6 Å². The SMILES string of the molecule is O=C1[C@H]2Cc3c([nH]c4ccccc34)[C@H](c3ccc(F)cc3)N2C(=O)N1c1ccc(F)cc1. The van der Waals surface area contributed by atoms with Crippen molar-refractivity contribution in [3.05, 3.63) is 101 Å². The van der Waals surface area contributed by atoms with Crippen molar-refractivity contribution in [2.24, 2.45) is 0 Å². The Balaban J connectivity index is 1.54. The van der Waals surface area contributed by atoms with E-state index in [1.165, 1.54) is 36.4 Å². The van der Waals surface area contributed by atoms with Gasteiger partial charge in [0.25, 0.3) is 5.91 Å². The van der Waals surface area contributed by atoms with Gasteiger partial charge in [0.15, 0.2) is 0 Å². The Morgan fingerprint density at radius 2 is 1.50 bits per heavy atom. The maximum Gasteiger partial charge on any atom is 0.332 e. The number of benzene rings is 3. The number of H-pyrrole nitrogens is 1. The minimum Gasteiger partial charge on any atom is -0.356 e. The van der Waals surface area contributed by atoms with Crippen molar-refractivity contribution in [1.82, 2.24) is 9.88 Å². The number of amides is 3. The van der Waals surface area contributed by atoms with Gasteiger partial charge in [-0.3, -0.25) is 9.69 Å². The Hall–Kier alpha value is -4.00. The van der Waals surface area contributed by atoms with E-state index in [4.69, 9.17) is 0 Å². The number of carbonyl (C=O) groups excluding carboxylic acids is 2. The number of fused-ring (bicyclic) bond motifs is 4. The van der Waals surface area contributed by atoms with Gasteiger partial charge in [-0.15, -0.1) is 0 Å². The van der Waals surface area contributed by atoms with Gasteiger partial charge in [0.2, 0.25) is 0 Å². The number of urea groups is 1. The average Bonchev–Trinajstić information content (AvgIpc) is 3.29. The van der Waals surface area contributed by atoms with E-state index in [0.717, 1.165) is 27.1 Å². The van der Waals surface area contributed by atoms with Crippen molar-refractivity contribution in [2.45, 2.75) is 18.5 Å². The standard InChI is InChI=1S/C25H17F2N3O2/c26-15-7-5-14(6-8-15)23-22-19(18-3-1-2-4-20(18)28-22)13-21-24(31)29(25(32)30(21)23)17-11-9-16(27)10-12-17/h1-12,21,23,28H,13H2/t21-,23+/m1/s1. The molecular formula is C25H17F2N3O2. The molecule has 3 aromatic carbocycles. The Kier molecular flexibility index (Phi) is 3.95. The van der Waals surface area contributed by atoms with Gasteiger partial charge in [-0.05, 0) is 53.6 Å². The normalized spacial score (nSPS) is 20.1. The molecule has 2 aliphatic rings. The van der Waals surface area contributed by atoms with Crippen LogP contribution in [-0.2, 0) is 11.2 Å². The van der Waals surface area contributed by atoms with Crippen LogP contribution < -0.4 is 4.90 Å². The minimum atomic E-state index is -0.714. The van der Waals surface area contributed by atoms with Crippen LogP contribution in [0.4, 0.5) is 19.3 Å². The van der Waals surface area contributed by atoms with Gasteiger partial charge >= 0.3 is 6.03 Å². The lowest BCUT2D eigenvalue weighted by molar-refractivity contribution is -0.120. The smallest absolute Gasteiger partial charge is 0.332 e. The van der Waals surface area contributed by atoms with Crippen LogP contribution in [0.25, 0.3) is 10.9 Å². The summed E-state index contributed by atoms with van der Waals surface area (Å²) in [7, 11) is 0. The summed E-state index contributed by atoms with van der Waals surface area (Å²) >= 11 is 0. The lowest BCUT2D eigenvalue weighted by atomic mass is 9.89. The first-order valence-electron chi connectivity index (χ1n) is 10.3. The fourth-order valence-corrected chi connectivity index (χ4v) is 4.89. The second-order valence-corrected chi connectivity index (χ2v) is 8.08. The lowest BCUT2D eigenvalue weighted by Crippen LogP contribution is -2.44. The number of aromatic nitrogens is 1. The molecule has 5 nitrogen and oxygen atoms in total. The third kappa shape index (κ3) is 2.60. The van der Waals surface area contributed by atoms with Gasteiger partial charge in [0.05, 0.1) is 5.69 Å². The highest BCUT2D eigenvalue weighted by molar-refractivity contribution is 6.22. The number of anilines is 1. The van der Waals surface area contributed by atoms with Crippen LogP contribution in [0.5, 0.6) is 0 Å². The number of aromatic amines is 1. The van der Waals surface area contributed by atoms with Crippen molar-refractivity contribution < 1.29 is 18.4 Å². The quantitative estimate of drug-likeness (QED) is 0.460. The number of imide groups is 1. The number of para-hydroxylation sites is 1. The lowest BCUT2D eigenvalue weighted by Gasteiger charge is -2.36. The fourth-order valence-electron chi connectivity index (χ4n) is 4.89. The predicted octanol–water partition coefficient (Wildman–Crippen LogP) is 4.93. The highest BCUT2D eigenvalue weighted by atomic mass is 19.1. The van der Waals surface area contributed by atoms with Gasteiger partial charge < -0.3 is 4.98 Å². The van der Waals surface area contributed by atoms with Crippen molar-refractivity contribution in [1.29, 1.82) is 0 Å². The van der Waals surface area contributed by atoms with Crippen LogP contribution in [0.15, 0.2) is 72.8 Å². The molecule has 2 aliphatic heterocycles. The second-order valence-electron chi connectivity index (χ2n) is 8.08. The topological polar surface area (TPSA) is 56.4 Å². The van der Waals surface area contributed by atoms with E-state index in [0.29, 0.717) is 17.7 Å². The first-order chi connectivity index (χ1) is 15.5. The predicted molar refractivity (Wildman–Crippen MR) is 115 cm³/mol. The van der Waals surface area contributed by atoms with Crippen LogP contribution in [0.1, 0.15) is 22.9 Å². The molecule has 1 saturated heterocycles. The molecule has 4 aromatic rings. The number of halogens is 2. The largest absolute Gasteiger partial charge is 0.356 e. The monoisotopic (exact) mass is 429 g/mol. The van der Waals surface area contributed by atoms with E-state index >= 15 is 0 Å². The molecule has 7 heteroatoms. The molecule has 0 spiro atoms. The summed E-state index contributed by atoms with van der Waals surface area (Å²) in [4.78, 5) is 33.1. The van der Waals surface area contributed by atoms with Gasteiger partial charge in [0.1, 0.15) is 23.7 Å². The number of hydrogen-bond donors (Lipinski definition) is 1. The molecule has 1 aromatic heterocycles. The molecule has 6 rings (SSSR count). The van der Waals surface area contributed by atoms with Crippen molar-refractivity contribution >= 4 is 28.5 Å². The van der Waals surface area contributed by atoms with Crippen LogP contribution in [0.2, 0.25) is 0 Å². The molecule has 32 heavy (non-hydrogen) atoms. The zero-order valence-corrected chi connectivity index (χ0v) is 16.8. The first kappa shape index (κ1) is 18.7. The zero-order valence-electron chi connectivity index (χ0n) is 16.8. The molecule has 0 radical (unpaired) electrons. The molecule has 1 N–H and O–H groups in total. The second kappa shape index (κ2) is 6.75. The molecule has 2 atom stereocenters. The van der Waals surface area contributed by atoms with Crippen LogP contribution in [0.3, 0.4) is 0 Å². The third-order valence-corrected chi connectivity index (χ3v) is 6.32. The van der Waals surface area contributed by atoms with Crippen LogP contribution >= 0.6 is 0 Å². The van der Waals surface area contributed by atoms with E-state index < -0.39 is 23.9 Å². The Labute approximate surface area is 181 Å². The highest BCUT2D eigenvalue weighted by Crippen LogP contribution is 2.44. The fraction of sp³-hybridized carbons (Fsp3) is 0.120. The van der Waals surface area contributed by atoms with E-state index in [1.807, 2.05) is 24.3 Å². The van der Waals surface area contributed by atoms with E-state index in [2.05, 4.69) is 4.98 Å². The van der Waals surface area contributed by atoms with Gasteiger partial charge in [-0.1, -0.05) is 30.3 Å². The Morgan fingerprint density at radius 1 is 0.844 bits per heavy atom. The highest BCUT2D eigenvalue weighted by Gasteiger charge is 2.53. The summed E-state index contributed by atoms with van der Waals surface area (Å²) in [5.41, 5.74) is 3.73. The Bertz CT molecular complexity index is 1380. The van der Waals surface area contributed by atoms with Crippen molar-refractivity contribution in [3.63, 3.8) is 0 Å². The number of carbonyl (C=O) groups is 2. The maximum atomic E-state index is 13.7. The molecule has 3 heterocycles. The third-order valence-electron chi connectivity index (χ3n) is 6.32. The first-order valence-corrected chi connectivity index (χ1v) is 10.3. The van der Waals surface area contributed by atoms with Crippen molar-refractivity contribution in [3.8, 4) is 0 Å². The van der Waals surface area contributed by atoms with E-state index in [9.17, 15) is 18.4 Å². The molecule has 0 aliphatic carbocycles. The van der Waals surface area contributed by atoms with E-state index in [-0.39, 0.29) is 11.7 Å². The molecule has 3 amide bonds. The maximum absolute atomic E-state index is 13.7. The van der Waals surface area contributed by atoms with Gasteiger partial charge in [-0.25, -0.2) is 18.5 Å². The summed E-state index contributed by atoms with van der Waals surface area (Å²) in [5, 5.41) is 0.995. The summed E-state index contributed by atoms with van der Waals surface area (Å²) in [6.07, 6.45) is 0.360. The number of rotatable bonds is 2.